The molecule has 0 radical (unpaired) electrons. The Labute approximate surface area is 263 Å². The van der Waals surface area contributed by atoms with E-state index < -0.39 is 40.2 Å². The van der Waals surface area contributed by atoms with Crippen molar-refractivity contribution in [2.24, 2.45) is 0 Å². The van der Waals surface area contributed by atoms with E-state index in [1.807, 2.05) is 37.3 Å². The van der Waals surface area contributed by atoms with Crippen LogP contribution in [0.25, 0.3) is 0 Å². The average Bonchev–Trinajstić information content (AvgIpc) is 3.02. The van der Waals surface area contributed by atoms with Crippen molar-refractivity contribution in [1.29, 1.82) is 0 Å². The smallest absolute Gasteiger partial charge is 0.264 e. The molecule has 0 saturated carbocycles. The topological polar surface area (TPSA) is 86.8 Å². The number of benzene rings is 4. The maximum Gasteiger partial charge on any atom is 0.264 e. The number of carbonyl (C=O) groups is 2. The molecule has 0 spiro atoms. The van der Waals surface area contributed by atoms with Gasteiger partial charge in [0.2, 0.25) is 11.8 Å². The summed E-state index contributed by atoms with van der Waals surface area (Å²) in [6, 6.07) is 26.7. The zero-order valence-corrected chi connectivity index (χ0v) is 26.2. The maximum atomic E-state index is 15.0. The summed E-state index contributed by atoms with van der Waals surface area (Å²) in [6.45, 7) is 3.17. The Hall–Kier alpha value is -4.21. The van der Waals surface area contributed by atoms with Crippen molar-refractivity contribution >= 4 is 39.1 Å². The molecule has 4 aromatic carbocycles. The second-order valence-electron chi connectivity index (χ2n) is 10.4. The van der Waals surface area contributed by atoms with Crippen LogP contribution in [0.3, 0.4) is 0 Å². The third kappa shape index (κ3) is 8.03. The van der Waals surface area contributed by atoms with Gasteiger partial charge in [-0.2, -0.15) is 0 Å². The third-order valence-electron chi connectivity index (χ3n) is 7.18. The highest BCUT2D eigenvalue weighted by atomic mass is 35.5. The summed E-state index contributed by atoms with van der Waals surface area (Å²) >= 11 is 6.03. The lowest BCUT2D eigenvalue weighted by atomic mass is 10.0. The van der Waals surface area contributed by atoms with Crippen molar-refractivity contribution in [2.75, 3.05) is 17.4 Å². The molecule has 7 nitrogen and oxygen atoms in total. The van der Waals surface area contributed by atoms with Crippen LogP contribution >= 0.6 is 11.6 Å². The van der Waals surface area contributed by atoms with Crippen molar-refractivity contribution in [3.05, 3.63) is 131 Å². The van der Waals surface area contributed by atoms with E-state index in [4.69, 9.17) is 11.6 Å². The molecule has 2 amide bonds. The predicted octanol–water partition coefficient (Wildman–Crippen LogP) is 6.15. The van der Waals surface area contributed by atoms with Crippen molar-refractivity contribution in [3.8, 4) is 0 Å². The largest absolute Gasteiger partial charge is 0.354 e. The second kappa shape index (κ2) is 15.0. The molecule has 1 N–H and O–H groups in total. The van der Waals surface area contributed by atoms with Crippen LogP contribution in [0.4, 0.5) is 10.1 Å². The van der Waals surface area contributed by atoms with Gasteiger partial charge in [-0.1, -0.05) is 85.3 Å². The highest BCUT2D eigenvalue weighted by Crippen LogP contribution is 2.28. The Bertz CT molecular complexity index is 1680. The Balaban J connectivity index is 1.81. The van der Waals surface area contributed by atoms with Crippen LogP contribution in [0.2, 0.25) is 5.02 Å². The summed E-state index contributed by atoms with van der Waals surface area (Å²) in [5, 5.41) is 3.23. The second-order valence-corrected chi connectivity index (χ2v) is 12.7. The molecule has 4 aromatic rings. The quantitative estimate of drug-likeness (QED) is 0.191. The summed E-state index contributed by atoms with van der Waals surface area (Å²) < 4.78 is 44.2. The minimum Gasteiger partial charge on any atom is -0.354 e. The van der Waals surface area contributed by atoms with Crippen LogP contribution in [0, 0.1) is 12.7 Å². The number of para-hydroxylation sites is 1. The molecule has 10 heteroatoms. The zero-order valence-electron chi connectivity index (χ0n) is 24.6. The van der Waals surface area contributed by atoms with Gasteiger partial charge in [0.25, 0.3) is 10.0 Å². The normalized spacial score (nSPS) is 11.9. The Morgan fingerprint density at radius 1 is 0.886 bits per heavy atom. The van der Waals surface area contributed by atoms with Gasteiger partial charge in [-0.25, -0.2) is 12.8 Å². The van der Waals surface area contributed by atoms with Crippen molar-refractivity contribution in [3.63, 3.8) is 0 Å². The van der Waals surface area contributed by atoms with E-state index in [1.54, 1.807) is 49.4 Å². The van der Waals surface area contributed by atoms with Gasteiger partial charge in [-0.3, -0.25) is 13.9 Å². The number of anilines is 1. The minimum atomic E-state index is -4.27. The lowest BCUT2D eigenvalue weighted by molar-refractivity contribution is -0.140. The summed E-state index contributed by atoms with van der Waals surface area (Å²) in [5.74, 6) is -1.62. The Kier molecular flexibility index (Phi) is 11.1. The molecule has 0 heterocycles. The summed E-state index contributed by atoms with van der Waals surface area (Å²) in [6.07, 6.45) is 0.816. The van der Waals surface area contributed by atoms with Crippen molar-refractivity contribution < 1.29 is 22.4 Å². The molecule has 0 saturated heterocycles. The number of sulfonamides is 1. The van der Waals surface area contributed by atoms with Gasteiger partial charge in [0, 0.05) is 30.1 Å². The van der Waals surface area contributed by atoms with Gasteiger partial charge in [-0.15, -0.1) is 0 Å². The van der Waals surface area contributed by atoms with E-state index >= 15 is 0 Å². The van der Waals surface area contributed by atoms with Gasteiger partial charge >= 0.3 is 0 Å². The molecule has 0 aliphatic rings. The van der Waals surface area contributed by atoms with Crippen LogP contribution in [-0.4, -0.2) is 44.3 Å². The van der Waals surface area contributed by atoms with E-state index in [2.05, 4.69) is 5.32 Å². The lowest BCUT2D eigenvalue weighted by Gasteiger charge is -2.34. The summed E-state index contributed by atoms with van der Waals surface area (Å²) in [7, 11) is -4.27. The number of halogens is 2. The number of hydrogen-bond donors (Lipinski definition) is 1. The molecule has 0 aromatic heterocycles. The van der Waals surface area contributed by atoms with Gasteiger partial charge in [0.05, 0.1) is 10.6 Å². The third-order valence-corrected chi connectivity index (χ3v) is 9.21. The monoisotopic (exact) mass is 635 g/mol. The molecule has 1 atom stereocenters. The Morgan fingerprint density at radius 2 is 1.52 bits per heavy atom. The SMILES string of the molecule is CCCNC(=O)C(Cc1ccccc1)N(Cc1ccccc1F)C(=O)CN(c1ccccc1C)S(=O)(=O)c1ccc(Cl)cc1. The molecule has 44 heavy (non-hydrogen) atoms. The first-order valence-corrected chi connectivity index (χ1v) is 16.1. The van der Waals surface area contributed by atoms with Gasteiger partial charge in [0.15, 0.2) is 0 Å². The van der Waals surface area contributed by atoms with E-state index in [9.17, 15) is 22.4 Å². The van der Waals surface area contributed by atoms with Crippen LogP contribution in [0.15, 0.2) is 108 Å². The molecule has 0 fully saturated rings. The first kappa shape index (κ1) is 32.7. The fourth-order valence-corrected chi connectivity index (χ4v) is 6.43. The molecule has 4 rings (SSSR count). The minimum absolute atomic E-state index is 0.0554. The van der Waals surface area contributed by atoms with Crippen LogP contribution in [0.1, 0.15) is 30.0 Å². The lowest BCUT2D eigenvalue weighted by Crippen LogP contribution is -2.53. The number of nitrogens with zero attached hydrogens (tertiary/aromatic N) is 2. The number of nitrogens with one attached hydrogen (secondary N) is 1. The number of rotatable bonds is 13. The van der Waals surface area contributed by atoms with Gasteiger partial charge in [-0.05, 0) is 60.9 Å². The zero-order chi connectivity index (χ0) is 31.7. The fourth-order valence-electron chi connectivity index (χ4n) is 4.82. The van der Waals surface area contributed by atoms with E-state index in [0.717, 1.165) is 9.87 Å². The number of carbonyl (C=O) groups excluding carboxylic acids is 2. The number of hydrogen-bond acceptors (Lipinski definition) is 4. The Morgan fingerprint density at radius 3 is 2.18 bits per heavy atom. The first-order valence-electron chi connectivity index (χ1n) is 14.3. The van der Waals surface area contributed by atoms with Crippen molar-refractivity contribution in [1.82, 2.24) is 10.2 Å². The molecule has 230 valence electrons. The number of aryl methyl sites for hydroxylation is 1. The number of amides is 2. The molecular weight excluding hydrogens is 601 g/mol. The van der Waals surface area contributed by atoms with Gasteiger partial charge in [0.1, 0.15) is 18.4 Å². The molecule has 1 unspecified atom stereocenters. The highest BCUT2D eigenvalue weighted by Gasteiger charge is 2.35. The summed E-state index contributed by atoms with van der Waals surface area (Å²) in [5.41, 5.74) is 1.92. The fraction of sp³-hybridized carbons (Fsp3) is 0.235. The summed E-state index contributed by atoms with van der Waals surface area (Å²) in [4.78, 5) is 29.3. The van der Waals surface area contributed by atoms with Crippen molar-refractivity contribution in [2.45, 2.75) is 44.2 Å². The predicted molar refractivity (Wildman–Crippen MR) is 171 cm³/mol. The van der Waals surface area contributed by atoms with E-state index in [-0.39, 0.29) is 23.4 Å². The van der Waals surface area contributed by atoms with Crippen LogP contribution in [-0.2, 0) is 32.6 Å². The molecule has 0 aliphatic carbocycles. The standard InChI is InChI=1S/C34H35ClFN3O4S/c1-3-21-37-34(41)32(22-26-12-5-4-6-13-26)38(23-27-14-8-9-15-30(27)36)33(40)24-39(31-16-10-7-11-25(31)2)44(42,43)29-19-17-28(35)18-20-29/h4-20,32H,3,21-24H2,1-2H3,(H,37,41). The van der Waals surface area contributed by atoms with Gasteiger partial charge < -0.3 is 10.2 Å². The first-order chi connectivity index (χ1) is 21.1. The van der Waals surface area contributed by atoms with Crippen LogP contribution in [0.5, 0.6) is 0 Å². The van der Waals surface area contributed by atoms with E-state index in [0.29, 0.717) is 29.2 Å². The van der Waals surface area contributed by atoms with Crippen LogP contribution < -0.4 is 9.62 Å². The molecule has 0 bridgehead atoms. The average molecular weight is 636 g/mol. The highest BCUT2D eigenvalue weighted by molar-refractivity contribution is 7.92. The van der Waals surface area contributed by atoms with E-state index in [1.165, 1.54) is 35.2 Å². The molecular formula is C34H35ClFN3O4S. The molecule has 0 aliphatic heterocycles. The maximum absolute atomic E-state index is 15.0.